The van der Waals surface area contributed by atoms with Gasteiger partial charge in [0.2, 0.25) is 0 Å². The highest BCUT2D eigenvalue weighted by Gasteiger charge is 2.10. The van der Waals surface area contributed by atoms with Gasteiger partial charge in [-0.05, 0) is 18.2 Å². The van der Waals surface area contributed by atoms with Crippen LogP contribution in [-0.4, -0.2) is 22.9 Å². The summed E-state index contributed by atoms with van der Waals surface area (Å²) < 4.78 is 6.53. The van der Waals surface area contributed by atoms with Crippen molar-refractivity contribution in [3.8, 4) is 0 Å². The number of nitrogens with zero attached hydrogens (tertiary/aromatic N) is 2. The number of ether oxygens (including phenoxy) is 1. The van der Waals surface area contributed by atoms with Crippen LogP contribution in [-0.2, 0) is 18.3 Å². The molecule has 0 aliphatic heterocycles. The fourth-order valence-electron chi connectivity index (χ4n) is 1.69. The molecule has 2 rings (SSSR count). The summed E-state index contributed by atoms with van der Waals surface area (Å²) >= 11 is 0. The molecule has 0 bridgehead atoms. The number of methoxy groups -OCH3 is 1. The van der Waals surface area contributed by atoms with E-state index in [4.69, 9.17) is 4.74 Å². The molecule has 0 aliphatic rings. The Morgan fingerprint density at radius 1 is 1.39 bits per heavy atom. The topological polar surface area (TPSA) is 56.1 Å². The van der Waals surface area contributed by atoms with Crippen LogP contribution in [0.25, 0.3) is 0 Å². The van der Waals surface area contributed by atoms with Crippen molar-refractivity contribution in [2.75, 3.05) is 12.4 Å². The van der Waals surface area contributed by atoms with Crippen LogP contribution in [0.15, 0.2) is 36.5 Å². The van der Waals surface area contributed by atoms with E-state index in [1.54, 1.807) is 16.9 Å². The molecule has 1 aromatic heterocycles. The van der Waals surface area contributed by atoms with Gasteiger partial charge in [-0.2, -0.15) is 5.10 Å². The van der Waals surface area contributed by atoms with Crippen LogP contribution in [0.2, 0.25) is 0 Å². The van der Waals surface area contributed by atoms with Crippen LogP contribution < -0.4 is 5.32 Å². The second-order valence-corrected chi connectivity index (χ2v) is 3.84. The number of carbonyl (C=O) groups excluding carboxylic acids is 1. The van der Waals surface area contributed by atoms with E-state index in [0.29, 0.717) is 12.1 Å². The summed E-state index contributed by atoms with van der Waals surface area (Å²) in [5, 5.41) is 7.30. The third-order valence-corrected chi connectivity index (χ3v) is 2.71. The molecule has 5 heteroatoms. The zero-order valence-electron chi connectivity index (χ0n) is 10.4. The summed E-state index contributed by atoms with van der Waals surface area (Å²) in [5.41, 5.74) is 2.32. The monoisotopic (exact) mass is 245 g/mol. The minimum absolute atomic E-state index is 0.344. The first-order chi connectivity index (χ1) is 8.72. The molecule has 2 aromatic rings. The van der Waals surface area contributed by atoms with Crippen molar-refractivity contribution in [2.24, 2.45) is 7.05 Å². The maximum Gasteiger partial charge on any atom is 0.339 e. The molecule has 1 N–H and O–H groups in total. The van der Waals surface area contributed by atoms with Crippen LogP contribution in [0.4, 0.5) is 5.69 Å². The van der Waals surface area contributed by atoms with Crippen molar-refractivity contribution in [1.29, 1.82) is 0 Å². The number of nitrogens with one attached hydrogen (secondary N) is 1. The molecule has 0 spiro atoms. The average Bonchev–Trinajstić information content (AvgIpc) is 2.81. The summed E-state index contributed by atoms with van der Waals surface area (Å²) in [4.78, 5) is 11.6. The number of hydrogen-bond donors (Lipinski definition) is 1. The van der Waals surface area contributed by atoms with Crippen LogP contribution >= 0.6 is 0 Å². The highest BCUT2D eigenvalue weighted by atomic mass is 16.5. The number of aromatic nitrogens is 2. The Balaban J connectivity index is 2.14. The van der Waals surface area contributed by atoms with E-state index in [0.717, 1.165) is 11.4 Å². The number of para-hydroxylation sites is 1. The first-order valence-electron chi connectivity index (χ1n) is 5.60. The zero-order valence-corrected chi connectivity index (χ0v) is 10.4. The molecule has 0 atom stereocenters. The summed E-state index contributed by atoms with van der Waals surface area (Å²) in [7, 11) is 3.25. The standard InChI is InChI=1S/C13H15N3O2/c1-16-10(7-8-15-16)9-14-12-6-4-3-5-11(12)13(17)18-2/h3-8,14H,9H2,1-2H3. The van der Waals surface area contributed by atoms with Gasteiger partial charge in [0.15, 0.2) is 0 Å². The quantitative estimate of drug-likeness (QED) is 0.835. The molecule has 0 fully saturated rings. The number of carbonyl (C=O) groups is 1. The predicted octanol–water partition coefficient (Wildman–Crippen LogP) is 1.82. The van der Waals surface area contributed by atoms with Gasteiger partial charge in [0, 0.05) is 18.9 Å². The van der Waals surface area contributed by atoms with Gasteiger partial charge in [-0.25, -0.2) is 4.79 Å². The third kappa shape index (κ3) is 2.51. The fraction of sp³-hybridized carbons (Fsp3) is 0.231. The molecular weight excluding hydrogens is 230 g/mol. The molecule has 1 aromatic carbocycles. The van der Waals surface area contributed by atoms with E-state index in [-0.39, 0.29) is 5.97 Å². The molecule has 0 radical (unpaired) electrons. The van der Waals surface area contributed by atoms with Gasteiger partial charge in [0.05, 0.1) is 24.9 Å². The third-order valence-electron chi connectivity index (χ3n) is 2.71. The van der Waals surface area contributed by atoms with Gasteiger partial charge < -0.3 is 10.1 Å². The molecule has 0 unspecified atom stereocenters. The molecule has 1 heterocycles. The van der Waals surface area contributed by atoms with E-state index >= 15 is 0 Å². The highest BCUT2D eigenvalue weighted by Crippen LogP contribution is 2.16. The molecule has 0 aliphatic carbocycles. The lowest BCUT2D eigenvalue weighted by Crippen LogP contribution is -2.10. The van der Waals surface area contributed by atoms with E-state index in [9.17, 15) is 4.79 Å². The highest BCUT2D eigenvalue weighted by molar-refractivity contribution is 5.95. The van der Waals surface area contributed by atoms with Gasteiger partial charge in [-0.3, -0.25) is 4.68 Å². The van der Waals surface area contributed by atoms with Crippen LogP contribution in [0.3, 0.4) is 0 Å². The second-order valence-electron chi connectivity index (χ2n) is 3.84. The Morgan fingerprint density at radius 2 is 2.17 bits per heavy atom. The largest absolute Gasteiger partial charge is 0.465 e. The Morgan fingerprint density at radius 3 is 2.83 bits per heavy atom. The van der Waals surface area contributed by atoms with Gasteiger partial charge in [-0.15, -0.1) is 0 Å². The number of benzene rings is 1. The summed E-state index contributed by atoms with van der Waals surface area (Å²) in [6.45, 7) is 0.602. The van der Waals surface area contributed by atoms with Gasteiger partial charge >= 0.3 is 5.97 Å². The Labute approximate surface area is 105 Å². The smallest absolute Gasteiger partial charge is 0.339 e. The van der Waals surface area contributed by atoms with Crippen molar-refractivity contribution in [3.63, 3.8) is 0 Å². The Hall–Kier alpha value is -2.30. The van der Waals surface area contributed by atoms with Crippen molar-refractivity contribution in [3.05, 3.63) is 47.8 Å². The van der Waals surface area contributed by atoms with Crippen molar-refractivity contribution in [1.82, 2.24) is 9.78 Å². The zero-order chi connectivity index (χ0) is 13.0. The molecule has 0 amide bonds. The lowest BCUT2D eigenvalue weighted by atomic mass is 10.2. The van der Waals surface area contributed by atoms with Gasteiger partial charge in [0.25, 0.3) is 0 Å². The number of esters is 1. The number of anilines is 1. The molecule has 94 valence electrons. The van der Waals surface area contributed by atoms with Crippen molar-refractivity contribution in [2.45, 2.75) is 6.54 Å². The molecule has 18 heavy (non-hydrogen) atoms. The fourth-order valence-corrected chi connectivity index (χ4v) is 1.69. The maximum atomic E-state index is 11.6. The SMILES string of the molecule is COC(=O)c1ccccc1NCc1ccnn1C. The number of hydrogen-bond acceptors (Lipinski definition) is 4. The summed E-state index contributed by atoms with van der Waals surface area (Å²) in [6, 6.07) is 9.19. The van der Waals surface area contributed by atoms with Gasteiger partial charge in [-0.1, -0.05) is 12.1 Å². The van der Waals surface area contributed by atoms with Gasteiger partial charge in [0.1, 0.15) is 0 Å². The Bertz CT molecular complexity index is 549. The summed E-state index contributed by atoms with van der Waals surface area (Å²) in [5.74, 6) is -0.344. The second kappa shape index (κ2) is 5.35. The molecule has 0 saturated carbocycles. The number of aryl methyl sites for hydroxylation is 1. The van der Waals surface area contributed by atoms with E-state index in [1.807, 2.05) is 31.3 Å². The molecular formula is C13H15N3O2. The molecule has 0 saturated heterocycles. The lowest BCUT2D eigenvalue weighted by Gasteiger charge is -2.10. The summed E-state index contributed by atoms with van der Waals surface area (Å²) in [6.07, 6.45) is 1.74. The van der Waals surface area contributed by atoms with E-state index in [2.05, 4.69) is 10.4 Å². The minimum atomic E-state index is -0.344. The van der Waals surface area contributed by atoms with E-state index < -0.39 is 0 Å². The Kier molecular flexibility index (Phi) is 3.62. The van der Waals surface area contributed by atoms with Crippen LogP contribution in [0.5, 0.6) is 0 Å². The minimum Gasteiger partial charge on any atom is -0.465 e. The van der Waals surface area contributed by atoms with Crippen molar-refractivity contribution < 1.29 is 9.53 Å². The van der Waals surface area contributed by atoms with E-state index in [1.165, 1.54) is 7.11 Å². The maximum absolute atomic E-state index is 11.6. The average molecular weight is 245 g/mol. The first-order valence-corrected chi connectivity index (χ1v) is 5.60. The van der Waals surface area contributed by atoms with Crippen molar-refractivity contribution >= 4 is 11.7 Å². The first kappa shape index (κ1) is 12.2. The predicted molar refractivity (Wildman–Crippen MR) is 68.3 cm³/mol. The number of rotatable bonds is 4. The van der Waals surface area contributed by atoms with Crippen LogP contribution in [0.1, 0.15) is 16.1 Å². The lowest BCUT2D eigenvalue weighted by molar-refractivity contribution is 0.0602. The van der Waals surface area contributed by atoms with Crippen LogP contribution in [0, 0.1) is 0 Å². The normalized spacial score (nSPS) is 10.1. The molecule has 5 nitrogen and oxygen atoms in total.